The summed E-state index contributed by atoms with van der Waals surface area (Å²) in [5.74, 6) is -0.978. The first-order valence-corrected chi connectivity index (χ1v) is 11.0. The van der Waals surface area contributed by atoms with Crippen LogP contribution in [0.4, 0.5) is 0 Å². The summed E-state index contributed by atoms with van der Waals surface area (Å²) in [4.78, 5) is 23.3. The largest absolute Gasteiger partial charge is 0.481 e. The van der Waals surface area contributed by atoms with Crippen LogP contribution in [0.3, 0.4) is 0 Å². The van der Waals surface area contributed by atoms with Gasteiger partial charge >= 0.3 is 5.97 Å². The topological polar surface area (TPSA) is 63.6 Å². The fraction of sp³-hybridized carbons (Fsp3) is 0.867. The van der Waals surface area contributed by atoms with Gasteiger partial charge in [0.05, 0.1) is 17.4 Å². The van der Waals surface area contributed by atoms with Crippen molar-refractivity contribution < 1.29 is 19.1 Å². The summed E-state index contributed by atoms with van der Waals surface area (Å²) >= 11 is 3.29. The van der Waals surface area contributed by atoms with E-state index in [1.165, 1.54) is 0 Å². The van der Waals surface area contributed by atoms with Gasteiger partial charge in [0, 0.05) is 5.41 Å². The van der Waals surface area contributed by atoms with E-state index in [2.05, 4.69) is 49.8 Å². The fourth-order valence-electron chi connectivity index (χ4n) is 1.81. The molecule has 0 fully saturated rings. The normalized spacial score (nSPS) is 16.4. The molecule has 0 aromatic heterocycles. The first kappa shape index (κ1) is 20.8. The van der Waals surface area contributed by atoms with E-state index in [0.717, 1.165) is 0 Å². The van der Waals surface area contributed by atoms with Crippen molar-refractivity contribution in [2.75, 3.05) is 0 Å². The molecule has 1 unspecified atom stereocenters. The van der Waals surface area contributed by atoms with Crippen molar-refractivity contribution in [3.63, 3.8) is 0 Å². The van der Waals surface area contributed by atoms with Gasteiger partial charge in [-0.2, -0.15) is 0 Å². The van der Waals surface area contributed by atoms with Crippen molar-refractivity contribution >= 4 is 36.0 Å². The highest BCUT2D eigenvalue weighted by Crippen LogP contribution is 2.41. The first-order chi connectivity index (χ1) is 9.13. The monoisotopic (exact) mass is 380 g/mol. The molecule has 0 aliphatic carbocycles. The fourth-order valence-corrected chi connectivity index (χ4v) is 3.84. The molecule has 1 N–H and O–H groups in total. The van der Waals surface area contributed by atoms with Crippen molar-refractivity contribution in [3.05, 3.63) is 0 Å². The second kappa shape index (κ2) is 6.92. The summed E-state index contributed by atoms with van der Waals surface area (Å²) in [5.41, 5.74) is -0.850. The van der Waals surface area contributed by atoms with Crippen LogP contribution in [0.1, 0.15) is 48.0 Å². The average molecular weight is 381 g/mol. The van der Waals surface area contributed by atoms with E-state index < -0.39 is 25.8 Å². The van der Waals surface area contributed by atoms with Crippen LogP contribution in [0.5, 0.6) is 0 Å². The average Bonchev–Trinajstić information content (AvgIpc) is 2.24. The number of hydrogen-bond donors (Lipinski definition) is 1. The molecule has 0 radical (unpaired) electrons. The smallest absolute Gasteiger partial charge is 0.305 e. The number of ketones is 1. The number of carboxylic acid groups (broad SMARTS) is 1. The van der Waals surface area contributed by atoms with Crippen LogP contribution in [0, 0.1) is 5.41 Å². The predicted molar refractivity (Wildman–Crippen MR) is 91.5 cm³/mol. The highest BCUT2D eigenvalue weighted by molar-refractivity contribution is 9.10. The molecule has 0 heterocycles. The lowest BCUT2D eigenvalue weighted by Crippen LogP contribution is -2.51. The molecule has 0 spiro atoms. The number of carbonyl (C=O) groups is 2. The van der Waals surface area contributed by atoms with E-state index in [-0.39, 0.29) is 22.1 Å². The molecule has 0 aliphatic rings. The van der Waals surface area contributed by atoms with Gasteiger partial charge in [-0.3, -0.25) is 9.59 Å². The first-order valence-electron chi connectivity index (χ1n) is 7.21. The number of carboxylic acids is 1. The lowest BCUT2D eigenvalue weighted by atomic mass is 9.79. The van der Waals surface area contributed by atoms with E-state index >= 15 is 0 Å². The minimum atomic E-state index is -2.16. The summed E-state index contributed by atoms with van der Waals surface area (Å²) in [7, 11) is -2.16. The summed E-state index contributed by atoms with van der Waals surface area (Å²) in [6, 6.07) is 0. The maximum absolute atomic E-state index is 12.4. The van der Waals surface area contributed by atoms with Gasteiger partial charge in [0.25, 0.3) is 0 Å². The van der Waals surface area contributed by atoms with Crippen LogP contribution < -0.4 is 0 Å². The molecular weight excluding hydrogens is 352 g/mol. The standard InChI is InChI=1S/C15H29BrO4Si/c1-10(16)13(19)15(5,6)11(9-12(17)18)20-21(7,8)14(2,3)4/h10-11H,9H2,1-8H3,(H,17,18)/t10?,11-/m0/s1. The van der Waals surface area contributed by atoms with Crippen LogP contribution in [0.15, 0.2) is 0 Å². The van der Waals surface area contributed by atoms with Gasteiger partial charge in [-0.25, -0.2) is 0 Å². The molecule has 0 aliphatic heterocycles. The third kappa shape index (κ3) is 5.49. The van der Waals surface area contributed by atoms with Crippen LogP contribution in [-0.2, 0) is 14.0 Å². The maximum atomic E-state index is 12.4. The van der Waals surface area contributed by atoms with Crippen molar-refractivity contribution in [3.8, 4) is 0 Å². The number of Topliss-reactive ketones (excluding diaryl/α,β-unsaturated/α-hetero) is 1. The number of rotatable bonds is 7. The molecule has 6 heteroatoms. The molecule has 124 valence electrons. The maximum Gasteiger partial charge on any atom is 0.305 e. The van der Waals surface area contributed by atoms with Gasteiger partial charge in [-0.1, -0.05) is 50.5 Å². The Morgan fingerprint density at radius 3 is 1.90 bits per heavy atom. The number of carbonyl (C=O) groups excluding carboxylic acids is 1. The second-order valence-electron chi connectivity index (χ2n) is 7.67. The van der Waals surface area contributed by atoms with E-state index in [9.17, 15) is 14.7 Å². The highest BCUT2D eigenvalue weighted by atomic mass is 79.9. The summed E-state index contributed by atoms with van der Waals surface area (Å²) in [6.45, 7) is 15.7. The quantitative estimate of drug-likeness (QED) is 0.530. The molecule has 21 heavy (non-hydrogen) atoms. The Balaban J connectivity index is 5.51. The zero-order valence-corrected chi connectivity index (χ0v) is 17.0. The van der Waals surface area contributed by atoms with Crippen molar-refractivity contribution in [2.45, 2.75) is 77.0 Å². The number of aliphatic carboxylic acids is 1. The molecule has 0 aromatic rings. The Kier molecular flexibility index (Phi) is 6.85. The highest BCUT2D eigenvalue weighted by Gasteiger charge is 2.46. The number of alkyl halides is 1. The lowest BCUT2D eigenvalue weighted by Gasteiger charge is -2.43. The Labute approximate surface area is 137 Å². The SMILES string of the molecule is CC(Br)C(=O)C(C)(C)[C@H](CC(=O)O)O[Si](C)(C)C(C)(C)C. The van der Waals surface area contributed by atoms with Crippen LogP contribution in [-0.4, -0.2) is 36.1 Å². The number of hydrogen-bond acceptors (Lipinski definition) is 3. The summed E-state index contributed by atoms with van der Waals surface area (Å²) < 4.78 is 6.27. The van der Waals surface area contributed by atoms with Crippen LogP contribution >= 0.6 is 15.9 Å². The second-order valence-corrected chi connectivity index (χ2v) is 13.8. The molecule has 2 atom stereocenters. The van der Waals surface area contributed by atoms with E-state index in [1.54, 1.807) is 20.8 Å². The molecule has 4 nitrogen and oxygen atoms in total. The number of halogens is 1. The van der Waals surface area contributed by atoms with Gasteiger partial charge in [0.2, 0.25) is 0 Å². The van der Waals surface area contributed by atoms with E-state index in [0.29, 0.717) is 0 Å². The van der Waals surface area contributed by atoms with Gasteiger partial charge in [-0.15, -0.1) is 0 Å². The zero-order chi connectivity index (χ0) is 17.2. The van der Waals surface area contributed by atoms with E-state index in [1.807, 2.05) is 0 Å². The van der Waals surface area contributed by atoms with Crippen molar-refractivity contribution in [1.82, 2.24) is 0 Å². The Hall–Kier alpha value is -0.203. The lowest BCUT2D eigenvalue weighted by molar-refractivity contribution is -0.143. The third-order valence-electron chi connectivity index (χ3n) is 4.40. The minimum Gasteiger partial charge on any atom is -0.481 e. The molecule has 0 saturated carbocycles. The Morgan fingerprint density at radius 2 is 1.62 bits per heavy atom. The molecule has 0 saturated heterocycles. The van der Waals surface area contributed by atoms with Crippen LogP contribution in [0.2, 0.25) is 18.1 Å². The van der Waals surface area contributed by atoms with Gasteiger partial charge in [0.15, 0.2) is 14.1 Å². The predicted octanol–water partition coefficient (Wildman–Crippen LogP) is 4.23. The van der Waals surface area contributed by atoms with Crippen molar-refractivity contribution in [1.29, 1.82) is 0 Å². The van der Waals surface area contributed by atoms with Gasteiger partial charge in [-0.05, 0) is 25.1 Å². The van der Waals surface area contributed by atoms with Crippen LogP contribution in [0.25, 0.3) is 0 Å². The molecule has 0 bridgehead atoms. The molecular formula is C15H29BrO4Si. The third-order valence-corrected chi connectivity index (χ3v) is 9.31. The van der Waals surface area contributed by atoms with Crippen molar-refractivity contribution in [2.24, 2.45) is 5.41 Å². The zero-order valence-electron chi connectivity index (χ0n) is 14.4. The summed E-state index contributed by atoms with van der Waals surface area (Å²) in [6.07, 6.45) is -0.784. The summed E-state index contributed by atoms with van der Waals surface area (Å²) in [5, 5.41) is 9.14. The Bertz CT molecular complexity index is 397. The Morgan fingerprint density at radius 1 is 1.19 bits per heavy atom. The van der Waals surface area contributed by atoms with Gasteiger partial charge in [0.1, 0.15) is 0 Å². The van der Waals surface area contributed by atoms with E-state index in [4.69, 9.17) is 4.43 Å². The molecule has 0 rings (SSSR count). The molecule has 0 aromatic carbocycles. The molecule has 0 amide bonds. The minimum absolute atomic E-state index is 0.0348. The van der Waals surface area contributed by atoms with Gasteiger partial charge < -0.3 is 9.53 Å².